The fourth-order valence-electron chi connectivity index (χ4n) is 3.31. The standard InChI is InChI=1S/C23H32N2O2/c26-18-21-16-19(8-11-23(21)20-9-10-20)17-24-12-4-5-14-27-15-13-25-22-6-2-1-3-7-22/h1-3,6-8,11,16,20,24-26H,4-5,9-10,12-15,17-18H2. The topological polar surface area (TPSA) is 53.5 Å². The Balaban J connectivity index is 1.20. The van der Waals surface area contributed by atoms with E-state index in [-0.39, 0.29) is 6.61 Å². The van der Waals surface area contributed by atoms with Gasteiger partial charge in [0.1, 0.15) is 0 Å². The number of rotatable bonds is 13. The van der Waals surface area contributed by atoms with Crippen LogP contribution in [0.2, 0.25) is 0 Å². The summed E-state index contributed by atoms with van der Waals surface area (Å²) in [5, 5.41) is 16.4. The minimum Gasteiger partial charge on any atom is -0.392 e. The predicted molar refractivity (Wildman–Crippen MR) is 111 cm³/mol. The van der Waals surface area contributed by atoms with Crippen molar-refractivity contribution in [3.63, 3.8) is 0 Å². The predicted octanol–water partition coefficient (Wildman–Crippen LogP) is 4.05. The Labute approximate surface area is 163 Å². The van der Waals surface area contributed by atoms with Crippen molar-refractivity contribution >= 4 is 5.69 Å². The molecule has 0 aliphatic heterocycles. The summed E-state index contributed by atoms with van der Waals surface area (Å²) in [7, 11) is 0. The molecule has 0 radical (unpaired) electrons. The van der Waals surface area contributed by atoms with E-state index in [0.29, 0.717) is 5.92 Å². The van der Waals surface area contributed by atoms with E-state index in [1.54, 1.807) is 0 Å². The van der Waals surface area contributed by atoms with E-state index in [1.807, 2.05) is 18.2 Å². The molecule has 0 unspecified atom stereocenters. The first-order valence-electron chi connectivity index (χ1n) is 10.2. The van der Waals surface area contributed by atoms with E-state index in [1.165, 1.54) is 24.0 Å². The summed E-state index contributed by atoms with van der Waals surface area (Å²) >= 11 is 0. The number of hydrogen-bond acceptors (Lipinski definition) is 4. The Morgan fingerprint density at radius 2 is 1.81 bits per heavy atom. The average Bonchev–Trinajstić information content (AvgIpc) is 3.55. The highest BCUT2D eigenvalue weighted by molar-refractivity contribution is 5.42. The molecule has 1 saturated carbocycles. The van der Waals surface area contributed by atoms with Crippen LogP contribution in [0.4, 0.5) is 5.69 Å². The normalized spacial score (nSPS) is 13.7. The molecule has 0 spiro atoms. The minimum absolute atomic E-state index is 0.149. The lowest BCUT2D eigenvalue weighted by atomic mass is 10.0. The summed E-state index contributed by atoms with van der Waals surface area (Å²) in [6.07, 6.45) is 4.73. The molecule has 4 nitrogen and oxygen atoms in total. The van der Waals surface area contributed by atoms with Gasteiger partial charge in [0.2, 0.25) is 0 Å². The number of anilines is 1. The minimum atomic E-state index is 0.149. The molecule has 1 fully saturated rings. The Kier molecular flexibility index (Phi) is 8.15. The number of aliphatic hydroxyl groups is 1. The SMILES string of the molecule is OCc1cc(CNCCCCOCCNc2ccccc2)ccc1C1CC1. The lowest BCUT2D eigenvalue weighted by Gasteiger charge is -2.10. The molecule has 146 valence electrons. The molecule has 0 saturated heterocycles. The van der Waals surface area contributed by atoms with Crippen LogP contribution < -0.4 is 10.6 Å². The van der Waals surface area contributed by atoms with E-state index in [4.69, 9.17) is 4.74 Å². The molecule has 2 aromatic carbocycles. The number of aliphatic hydroxyl groups excluding tert-OH is 1. The van der Waals surface area contributed by atoms with Gasteiger partial charge in [0, 0.05) is 25.4 Å². The van der Waals surface area contributed by atoms with Crippen molar-refractivity contribution in [3.05, 3.63) is 65.2 Å². The van der Waals surface area contributed by atoms with Crippen molar-refractivity contribution in [2.75, 3.05) is 31.6 Å². The van der Waals surface area contributed by atoms with Crippen molar-refractivity contribution in [2.24, 2.45) is 0 Å². The molecular formula is C23H32N2O2. The van der Waals surface area contributed by atoms with Crippen LogP contribution in [-0.4, -0.2) is 31.4 Å². The first-order valence-corrected chi connectivity index (χ1v) is 10.2. The van der Waals surface area contributed by atoms with Crippen molar-refractivity contribution < 1.29 is 9.84 Å². The first-order chi connectivity index (χ1) is 13.4. The molecule has 0 amide bonds. The second-order valence-corrected chi connectivity index (χ2v) is 7.25. The van der Waals surface area contributed by atoms with Crippen molar-refractivity contribution in [3.8, 4) is 0 Å². The highest BCUT2D eigenvalue weighted by atomic mass is 16.5. The zero-order valence-electron chi connectivity index (χ0n) is 16.1. The van der Waals surface area contributed by atoms with Gasteiger partial charge in [-0.3, -0.25) is 0 Å². The molecule has 1 aliphatic rings. The third kappa shape index (κ3) is 6.98. The molecule has 0 bridgehead atoms. The number of unbranched alkanes of at least 4 members (excludes halogenated alkanes) is 1. The number of ether oxygens (including phenoxy) is 1. The van der Waals surface area contributed by atoms with Crippen LogP contribution in [0.3, 0.4) is 0 Å². The second-order valence-electron chi connectivity index (χ2n) is 7.25. The summed E-state index contributed by atoms with van der Waals surface area (Å²) in [6.45, 7) is 4.38. The van der Waals surface area contributed by atoms with Gasteiger partial charge in [-0.05, 0) is 67.0 Å². The van der Waals surface area contributed by atoms with Crippen LogP contribution in [0.15, 0.2) is 48.5 Å². The van der Waals surface area contributed by atoms with E-state index in [2.05, 4.69) is 41.0 Å². The highest BCUT2D eigenvalue weighted by Crippen LogP contribution is 2.41. The van der Waals surface area contributed by atoms with Crippen LogP contribution in [0, 0.1) is 0 Å². The molecule has 4 heteroatoms. The van der Waals surface area contributed by atoms with Gasteiger partial charge < -0.3 is 20.5 Å². The monoisotopic (exact) mass is 368 g/mol. The van der Waals surface area contributed by atoms with Crippen molar-refractivity contribution in [1.82, 2.24) is 5.32 Å². The van der Waals surface area contributed by atoms with Crippen LogP contribution in [0.5, 0.6) is 0 Å². The number of benzene rings is 2. The van der Waals surface area contributed by atoms with Gasteiger partial charge >= 0.3 is 0 Å². The van der Waals surface area contributed by atoms with Crippen molar-refractivity contribution in [1.29, 1.82) is 0 Å². The smallest absolute Gasteiger partial charge is 0.0684 e. The highest BCUT2D eigenvalue weighted by Gasteiger charge is 2.25. The van der Waals surface area contributed by atoms with Crippen LogP contribution in [0.1, 0.15) is 48.3 Å². The van der Waals surface area contributed by atoms with E-state index in [9.17, 15) is 5.11 Å². The Hall–Kier alpha value is -1.88. The summed E-state index contributed by atoms with van der Waals surface area (Å²) < 4.78 is 5.67. The fourth-order valence-corrected chi connectivity index (χ4v) is 3.31. The quantitative estimate of drug-likeness (QED) is 0.467. The molecular weight excluding hydrogens is 336 g/mol. The number of hydrogen-bond donors (Lipinski definition) is 3. The Morgan fingerprint density at radius 3 is 2.59 bits per heavy atom. The number of nitrogens with one attached hydrogen (secondary N) is 2. The largest absolute Gasteiger partial charge is 0.392 e. The molecule has 3 rings (SSSR count). The molecule has 27 heavy (non-hydrogen) atoms. The summed E-state index contributed by atoms with van der Waals surface area (Å²) in [5.74, 6) is 0.692. The zero-order chi connectivity index (χ0) is 18.7. The van der Waals surface area contributed by atoms with Gasteiger partial charge in [-0.2, -0.15) is 0 Å². The van der Waals surface area contributed by atoms with Gasteiger partial charge in [-0.1, -0.05) is 36.4 Å². The van der Waals surface area contributed by atoms with E-state index in [0.717, 1.165) is 56.9 Å². The van der Waals surface area contributed by atoms with Crippen LogP contribution >= 0.6 is 0 Å². The van der Waals surface area contributed by atoms with Gasteiger partial charge in [0.15, 0.2) is 0 Å². The maximum atomic E-state index is 9.58. The third-order valence-electron chi connectivity index (χ3n) is 4.97. The van der Waals surface area contributed by atoms with Gasteiger partial charge in [0.05, 0.1) is 13.2 Å². The summed E-state index contributed by atoms with van der Waals surface area (Å²) in [4.78, 5) is 0. The molecule has 1 aliphatic carbocycles. The second kappa shape index (κ2) is 11.1. The first kappa shape index (κ1) is 19.9. The third-order valence-corrected chi connectivity index (χ3v) is 4.97. The fraction of sp³-hybridized carbons (Fsp3) is 0.478. The van der Waals surface area contributed by atoms with E-state index >= 15 is 0 Å². The van der Waals surface area contributed by atoms with E-state index < -0.39 is 0 Å². The van der Waals surface area contributed by atoms with Gasteiger partial charge in [0.25, 0.3) is 0 Å². The lowest BCUT2D eigenvalue weighted by Crippen LogP contribution is -2.16. The van der Waals surface area contributed by atoms with Crippen LogP contribution in [-0.2, 0) is 17.9 Å². The Bertz CT molecular complexity index is 671. The summed E-state index contributed by atoms with van der Waals surface area (Å²) in [6, 6.07) is 16.8. The average molecular weight is 369 g/mol. The molecule has 0 aromatic heterocycles. The number of para-hydroxylation sites is 1. The van der Waals surface area contributed by atoms with Gasteiger partial charge in [-0.25, -0.2) is 0 Å². The molecule has 2 aromatic rings. The maximum absolute atomic E-state index is 9.58. The zero-order valence-corrected chi connectivity index (χ0v) is 16.1. The lowest BCUT2D eigenvalue weighted by molar-refractivity contribution is 0.140. The van der Waals surface area contributed by atoms with Crippen molar-refractivity contribution in [2.45, 2.75) is 44.8 Å². The molecule has 0 heterocycles. The van der Waals surface area contributed by atoms with Crippen LogP contribution in [0.25, 0.3) is 0 Å². The Morgan fingerprint density at radius 1 is 0.963 bits per heavy atom. The maximum Gasteiger partial charge on any atom is 0.0684 e. The molecule has 3 N–H and O–H groups in total. The summed E-state index contributed by atoms with van der Waals surface area (Å²) in [5.41, 5.74) is 4.85. The molecule has 0 atom stereocenters. The van der Waals surface area contributed by atoms with Gasteiger partial charge in [-0.15, -0.1) is 0 Å².